The van der Waals surface area contributed by atoms with Crippen molar-refractivity contribution in [1.82, 2.24) is 19.6 Å². The van der Waals surface area contributed by atoms with Gasteiger partial charge in [0.2, 0.25) is 5.91 Å². The van der Waals surface area contributed by atoms with Gasteiger partial charge in [-0.05, 0) is 38.2 Å². The number of benzene rings is 1. The molecule has 3 heterocycles. The number of rotatable bonds is 4. The first-order valence-corrected chi connectivity index (χ1v) is 11.1. The van der Waals surface area contributed by atoms with Crippen molar-refractivity contribution in [2.75, 3.05) is 6.54 Å². The van der Waals surface area contributed by atoms with Crippen molar-refractivity contribution in [3.63, 3.8) is 0 Å². The second-order valence-corrected chi connectivity index (χ2v) is 8.86. The van der Waals surface area contributed by atoms with E-state index in [0.29, 0.717) is 18.1 Å². The Labute approximate surface area is 174 Å². The zero-order chi connectivity index (χ0) is 20.4. The van der Waals surface area contributed by atoms with Crippen LogP contribution in [0, 0.1) is 6.92 Å². The van der Waals surface area contributed by atoms with E-state index in [1.54, 1.807) is 6.92 Å². The number of aryl methyl sites for hydroxylation is 2. The summed E-state index contributed by atoms with van der Waals surface area (Å²) in [6.07, 6.45) is 9.06. The molecule has 0 bridgehead atoms. The highest BCUT2D eigenvalue weighted by atomic mass is 16.2. The third kappa shape index (κ3) is 4.40. The van der Waals surface area contributed by atoms with E-state index in [0.717, 1.165) is 38.0 Å². The third-order valence-electron chi connectivity index (χ3n) is 6.84. The Morgan fingerprint density at radius 2 is 1.93 bits per heavy atom. The lowest BCUT2D eigenvalue weighted by Crippen LogP contribution is -2.48. The van der Waals surface area contributed by atoms with Gasteiger partial charge in [0.1, 0.15) is 0 Å². The normalized spacial score (nSPS) is 25.5. The van der Waals surface area contributed by atoms with Crippen LogP contribution >= 0.6 is 0 Å². The van der Waals surface area contributed by atoms with Gasteiger partial charge in [-0.25, -0.2) is 0 Å². The van der Waals surface area contributed by atoms with Crippen molar-refractivity contribution in [2.24, 2.45) is 7.05 Å². The third-order valence-corrected chi connectivity index (χ3v) is 6.84. The smallest absolute Gasteiger partial charge is 0.219 e. The lowest BCUT2D eigenvalue weighted by Gasteiger charge is -2.37. The Kier molecular flexibility index (Phi) is 6.04. The minimum atomic E-state index is 0.236. The Bertz CT molecular complexity index is 831. The van der Waals surface area contributed by atoms with Crippen LogP contribution in [-0.2, 0) is 24.8 Å². The van der Waals surface area contributed by atoms with Crippen LogP contribution in [0.1, 0.15) is 55.8 Å². The number of carbonyl (C=O) groups excluding carboxylic acids is 1. The fourth-order valence-corrected chi connectivity index (χ4v) is 5.46. The summed E-state index contributed by atoms with van der Waals surface area (Å²) in [5.74, 6) is 0.236. The fraction of sp³-hybridized carbons (Fsp3) is 0.583. The highest BCUT2D eigenvalue weighted by Crippen LogP contribution is 2.36. The molecule has 2 saturated heterocycles. The van der Waals surface area contributed by atoms with Crippen molar-refractivity contribution >= 4 is 5.91 Å². The van der Waals surface area contributed by atoms with Gasteiger partial charge < -0.3 is 4.90 Å². The number of amides is 1. The Balaban J connectivity index is 1.65. The van der Waals surface area contributed by atoms with Gasteiger partial charge in [0, 0.05) is 56.9 Å². The Hall–Kier alpha value is -2.14. The second kappa shape index (κ2) is 8.70. The standard InChI is InChI=1S/C24H34N4O/c1-18-21(16-26(3)25-18)17-28-22(14-20-10-6-4-7-11-20)15-24-23(28)12-8-5-9-13-27(24)19(2)29/h4,6-7,10-11,16,22-24H,5,8-9,12-15,17H2,1-3H3/t22-,23-,24+/m1/s1. The minimum absolute atomic E-state index is 0.236. The van der Waals surface area contributed by atoms with Crippen LogP contribution in [0.3, 0.4) is 0 Å². The summed E-state index contributed by atoms with van der Waals surface area (Å²) >= 11 is 0. The number of fused-ring (bicyclic) bond motifs is 1. The van der Waals surface area contributed by atoms with Gasteiger partial charge in [0.25, 0.3) is 0 Å². The molecular weight excluding hydrogens is 360 g/mol. The van der Waals surface area contributed by atoms with E-state index in [1.807, 2.05) is 11.7 Å². The molecule has 5 nitrogen and oxygen atoms in total. The highest BCUT2D eigenvalue weighted by Gasteiger charge is 2.44. The molecule has 1 aromatic heterocycles. The van der Waals surface area contributed by atoms with E-state index in [4.69, 9.17) is 0 Å². The molecule has 2 fully saturated rings. The van der Waals surface area contributed by atoms with E-state index in [1.165, 1.54) is 30.4 Å². The number of nitrogens with zero attached hydrogens (tertiary/aromatic N) is 4. The number of hydrogen-bond donors (Lipinski definition) is 0. The van der Waals surface area contributed by atoms with Crippen LogP contribution in [0.15, 0.2) is 36.5 Å². The van der Waals surface area contributed by atoms with Crippen molar-refractivity contribution in [3.05, 3.63) is 53.3 Å². The first-order valence-electron chi connectivity index (χ1n) is 11.1. The molecule has 0 spiro atoms. The maximum atomic E-state index is 12.5. The molecule has 156 valence electrons. The molecule has 0 aliphatic carbocycles. The largest absolute Gasteiger partial charge is 0.338 e. The molecule has 2 aromatic rings. The fourth-order valence-electron chi connectivity index (χ4n) is 5.46. The van der Waals surface area contributed by atoms with E-state index in [-0.39, 0.29) is 5.91 Å². The molecule has 2 aliphatic heterocycles. The molecule has 5 heteroatoms. The van der Waals surface area contributed by atoms with Gasteiger partial charge in [-0.3, -0.25) is 14.4 Å². The molecule has 3 atom stereocenters. The summed E-state index contributed by atoms with van der Waals surface area (Å²) in [7, 11) is 2.00. The quantitative estimate of drug-likeness (QED) is 0.794. The van der Waals surface area contributed by atoms with Crippen LogP contribution in [0.25, 0.3) is 0 Å². The predicted molar refractivity (Wildman–Crippen MR) is 115 cm³/mol. The number of likely N-dealkylation sites (tertiary alicyclic amines) is 2. The van der Waals surface area contributed by atoms with Gasteiger partial charge in [-0.15, -0.1) is 0 Å². The number of aromatic nitrogens is 2. The Morgan fingerprint density at radius 1 is 1.14 bits per heavy atom. The lowest BCUT2D eigenvalue weighted by molar-refractivity contribution is -0.132. The molecule has 0 N–H and O–H groups in total. The van der Waals surface area contributed by atoms with E-state index >= 15 is 0 Å². The van der Waals surface area contributed by atoms with Crippen molar-refractivity contribution in [1.29, 1.82) is 0 Å². The molecule has 0 radical (unpaired) electrons. The highest BCUT2D eigenvalue weighted by molar-refractivity contribution is 5.73. The van der Waals surface area contributed by atoms with Crippen molar-refractivity contribution in [3.8, 4) is 0 Å². The zero-order valence-corrected chi connectivity index (χ0v) is 18.1. The van der Waals surface area contributed by atoms with E-state index < -0.39 is 0 Å². The molecule has 1 aromatic carbocycles. The molecular formula is C24H34N4O. The molecule has 0 unspecified atom stereocenters. The average molecular weight is 395 g/mol. The van der Waals surface area contributed by atoms with Crippen LogP contribution in [0.5, 0.6) is 0 Å². The maximum absolute atomic E-state index is 12.5. The maximum Gasteiger partial charge on any atom is 0.219 e. The van der Waals surface area contributed by atoms with Crippen LogP contribution in [-0.4, -0.2) is 50.2 Å². The first kappa shape index (κ1) is 20.1. The SMILES string of the molecule is CC(=O)N1CCCCC[C@@H]2[C@@H]1C[C@@H](Cc1ccccc1)N2Cc1cn(C)nc1C. The van der Waals surface area contributed by atoms with Crippen molar-refractivity contribution < 1.29 is 4.79 Å². The second-order valence-electron chi connectivity index (χ2n) is 8.86. The van der Waals surface area contributed by atoms with Gasteiger partial charge in [0.15, 0.2) is 0 Å². The van der Waals surface area contributed by atoms with Gasteiger partial charge in [-0.1, -0.05) is 43.2 Å². The molecule has 4 rings (SSSR count). The van der Waals surface area contributed by atoms with E-state index in [2.05, 4.69) is 58.4 Å². The van der Waals surface area contributed by atoms with Crippen LogP contribution in [0.2, 0.25) is 0 Å². The van der Waals surface area contributed by atoms with Gasteiger partial charge in [-0.2, -0.15) is 5.10 Å². The summed E-state index contributed by atoms with van der Waals surface area (Å²) in [5, 5.41) is 4.57. The van der Waals surface area contributed by atoms with Gasteiger partial charge in [0.05, 0.1) is 5.69 Å². The number of hydrogen-bond acceptors (Lipinski definition) is 3. The summed E-state index contributed by atoms with van der Waals surface area (Å²) in [5.41, 5.74) is 3.81. The zero-order valence-electron chi connectivity index (χ0n) is 18.1. The predicted octanol–water partition coefficient (Wildman–Crippen LogP) is 3.71. The summed E-state index contributed by atoms with van der Waals surface area (Å²) in [4.78, 5) is 17.4. The van der Waals surface area contributed by atoms with Crippen LogP contribution in [0.4, 0.5) is 0 Å². The Morgan fingerprint density at radius 3 is 2.62 bits per heavy atom. The summed E-state index contributed by atoms with van der Waals surface area (Å²) in [6, 6.07) is 12.0. The number of carbonyl (C=O) groups is 1. The topological polar surface area (TPSA) is 41.4 Å². The first-order chi connectivity index (χ1) is 14.0. The minimum Gasteiger partial charge on any atom is -0.338 e. The monoisotopic (exact) mass is 394 g/mol. The van der Waals surface area contributed by atoms with Crippen LogP contribution < -0.4 is 0 Å². The molecule has 2 aliphatic rings. The molecule has 29 heavy (non-hydrogen) atoms. The molecule has 0 saturated carbocycles. The average Bonchev–Trinajstić information content (AvgIpc) is 3.15. The van der Waals surface area contributed by atoms with Crippen molar-refractivity contribution in [2.45, 2.75) is 77.0 Å². The van der Waals surface area contributed by atoms with E-state index in [9.17, 15) is 4.79 Å². The summed E-state index contributed by atoms with van der Waals surface area (Å²) < 4.78 is 1.92. The molecule has 1 amide bonds. The lowest BCUT2D eigenvalue weighted by atomic mass is 9.96. The van der Waals surface area contributed by atoms with Gasteiger partial charge >= 0.3 is 0 Å². The summed E-state index contributed by atoms with van der Waals surface area (Å²) in [6.45, 7) is 5.69.